The van der Waals surface area contributed by atoms with Gasteiger partial charge < -0.3 is 5.84 Å². The van der Waals surface area contributed by atoms with E-state index in [0.717, 1.165) is 11.2 Å². The fourth-order valence-electron chi connectivity index (χ4n) is 1.43. The third kappa shape index (κ3) is 0.863. The summed E-state index contributed by atoms with van der Waals surface area (Å²) >= 11 is 0. The quantitative estimate of drug-likeness (QED) is 0.444. The van der Waals surface area contributed by atoms with Crippen LogP contribution in [0.1, 0.15) is 5.69 Å². The fraction of sp³-hybridized carbons (Fsp3) is 0.222. The number of nitrogens with two attached hydrogens (primary N) is 1. The second-order valence-corrected chi connectivity index (χ2v) is 3.11. The first-order valence-corrected chi connectivity index (χ1v) is 3.91. The molecule has 2 aromatic rings. The summed E-state index contributed by atoms with van der Waals surface area (Å²) in [6, 6.07) is 4.09. The van der Waals surface area contributed by atoms with E-state index in [4.69, 9.17) is 5.84 Å². The first-order valence-electron chi connectivity index (χ1n) is 3.91. The summed E-state index contributed by atoms with van der Waals surface area (Å²) in [5, 5.41) is 1.18. The van der Waals surface area contributed by atoms with Crippen molar-refractivity contribution in [2.24, 2.45) is 7.05 Å². The van der Waals surface area contributed by atoms with Crippen LogP contribution in [0.25, 0.3) is 10.9 Å². The maximum Gasteiger partial charge on any atom is 0.178 e. The summed E-state index contributed by atoms with van der Waals surface area (Å²) in [7, 11) is 2.00. The van der Waals surface area contributed by atoms with Gasteiger partial charge >= 0.3 is 0 Å². The maximum absolute atomic E-state index is 5.80. The zero-order chi connectivity index (χ0) is 8.72. The van der Waals surface area contributed by atoms with Crippen LogP contribution in [-0.2, 0) is 7.05 Å². The number of aromatic nitrogens is 2. The Balaban J connectivity index is 2.87. The summed E-state index contributed by atoms with van der Waals surface area (Å²) in [6.07, 6.45) is 4.05. The molecule has 0 atom stereocenters. The molecule has 0 radical (unpaired) electrons. The van der Waals surface area contributed by atoms with Crippen molar-refractivity contribution in [1.82, 2.24) is 4.68 Å². The van der Waals surface area contributed by atoms with E-state index in [0.29, 0.717) is 0 Å². The average Bonchev–Trinajstić information content (AvgIpc) is 2.28. The third-order valence-corrected chi connectivity index (χ3v) is 2.11. The molecule has 2 heterocycles. The highest BCUT2D eigenvalue weighted by Crippen LogP contribution is 2.13. The molecule has 0 saturated carbocycles. The second kappa shape index (κ2) is 2.24. The van der Waals surface area contributed by atoms with Gasteiger partial charge in [-0.15, -0.1) is 0 Å². The number of fused-ring (bicyclic) bond motifs is 1. The number of hydrogen-bond acceptors (Lipinski definition) is 1. The van der Waals surface area contributed by atoms with E-state index in [9.17, 15) is 0 Å². The highest BCUT2D eigenvalue weighted by molar-refractivity contribution is 5.79. The summed E-state index contributed by atoms with van der Waals surface area (Å²) < 4.78 is 3.72. The molecular weight excluding hydrogens is 150 g/mol. The van der Waals surface area contributed by atoms with E-state index in [1.807, 2.05) is 30.8 Å². The first-order chi connectivity index (χ1) is 5.68. The average molecular weight is 162 g/mol. The minimum absolute atomic E-state index is 1.07. The minimum Gasteiger partial charge on any atom is -0.339 e. The number of rotatable bonds is 0. The topological polar surface area (TPSA) is 34.8 Å². The molecular formula is C9H12N3+. The van der Waals surface area contributed by atoms with Crippen LogP contribution in [-0.4, -0.2) is 4.68 Å². The number of nitrogen functional groups attached to an aromatic ring is 1. The van der Waals surface area contributed by atoms with Crippen molar-refractivity contribution in [3.63, 3.8) is 0 Å². The molecule has 0 saturated heterocycles. The third-order valence-electron chi connectivity index (χ3n) is 2.11. The first kappa shape index (κ1) is 7.16. The molecule has 0 spiro atoms. The lowest BCUT2D eigenvalue weighted by Gasteiger charge is -1.96. The van der Waals surface area contributed by atoms with Crippen LogP contribution >= 0.6 is 0 Å². The Morgan fingerprint density at radius 1 is 1.50 bits per heavy atom. The van der Waals surface area contributed by atoms with Crippen LogP contribution in [0.5, 0.6) is 0 Å². The molecule has 3 heteroatoms. The Bertz CT molecular complexity index is 429. The molecule has 12 heavy (non-hydrogen) atoms. The highest BCUT2D eigenvalue weighted by atomic mass is 15.3. The molecule has 62 valence electrons. The van der Waals surface area contributed by atoms with Crippen LogP contribution in [0.4, 0.5) is 0 Å². The molecule has 0 fully saturated rings. The van der Waals surface area contributed by atoms with Gasteiger partial charge in [-0.3, -0.25) is 4.68 Å². The molecule has 0 aliphatic carbocycles. The lowest BCUT2D eigenvalue weighted by atomic mass is 10.3. The molecule has 3 nitrogen and oxygen atoms in total. The van der Waals surface area contributed by atoms with Crippen molar-refractivity contribution in [3.05, 3.63) is 30.2 Å². The van der Waals surface area contributed by atoms with Gasteiger partial charge in [0.2, 0.25) is 0 Å². The smallest absolute Gasteiger partial charge is 0.178 e. The lowest BCUT2D eigenvalue weighted by Crippen LogP contribution is -2.26. The monoisotopic (exact) mass is 162 g/mol. The van der Waals surface area contributed by atoms with Crippen molar-refractivity contribution in [2.45, 2.75) is 6.92 Å². The Kier molecular flexibility index (Phi) is 1.33. The van der Waals surface area contributed by atoms with E-state index in [1.54, 1.807) is 4.68 Å². The van der Waals surface area contributed by atoms with E-state index in [1.165, 1.54) is 5.39 Å². The predicted octanol–water partition coefficient (Wildman–Crippen LogP) is 0.488. The van der Waals surface area contributed by atoms with Crippen LogP contribution in [0.2, 0.25) is 0 Å². The Labute approximate surface area is 71.0 Å². The molecule has 0 aliphatic rings. The van der Waals surface area contributed by atoms with Crippen LogP contribution in [0, 0.1) is 6.92 Å². The number of aryl methyl sites for hydroxylation is 2. The van der Waals surface area contributed by atoms with Crippen LogP contribution in [0.15, 0.2) is 24.5 Å². The second-order valence-electron chi connectivity index (χ2n) is 3.11. The zero-order valence-corrected chi connectivity index (χ0v) is 7.28. The van der Waals surface area contributed by atoms with Gasteiger partial charge in [-0.05, 0) is 13.0 Å². The van der Waals surface area contributed by atoms with E-state index >= 15 is 0 Å². The molecule has 2 N–H and O–H groups in total. The summed E-state index contributed by atoms with van der Waals surface area (Å²) in [6.45, 7) is 2.00. The largest absolute Gasteiger partial charge is 0.339 e. The van der Waals surface area contributed by atoms with E-state index in [-0.39, 0.29) is 0 Å². The molecule has 2 rings (SSSR count). The Morgan fingerprint density at radius 2 is 2.25 bits per heavy atom. The minimum atomic E-state index is 1.07. The summed E-state index contributed by atoms with van der Waals surface area (Å²) in [5.74, 6) is 5.80. The number of nitrogens with zero attached hydrogens (tertiary/aromatic N) is 2. The highest BCUT2D eigenvalue weighted by Gasteiger charge is 2.04. The molecule has 0 unspecified atom stereocenters. The fourth-order valence-corrected chi connectivity index (χ4v) is 1.43. The van der Waals surface area contributed by atoms with E-state index in [2.05, 4.69) is 12.3 Å². The normalized spacial score (nSPS) is 10.8. The molecule has 0 aliphatic heterocycles. The lowest BCUT2D eigenvalue weighted by molar-refractivity contribution is -0.670. The van der Waals surface area contributed by atoms with Gasteiger partial charge in [-0.1, -0.05) is 0 Å². The van der Waals surface area contributed by atoms with Gasteiger partial charge in [0.15, 0.2) is 12.4 Å². The van der Waals surface area contributed by atoms with Crippen LogP contribution in [0.3, 0.4) is 0 Å². The van der Waals surface area contributed by atoms with Crippen LogP contribution < -0.4 is 10.4 Å². The van der Waals surface area contributed by atoms with Gasteiger partial charge in [0.05, 0.1) is 10.9 Å². The maximum atomic E-state index is 5.80. The van der Waals surface area contributed by atoms with Gasteiger partial charge in [0, 0.05) is 11.8 Å². The number of pyridine rings is 1. The predicted molar refractivity (Wildman–Crippen MR) is 48.0 cm³/mol. The van der Waals surface area contributed by atoms with E-state index < -0.39 is 0 Å². The van der Waals surface area contributed by atoms with Crippen molar-refractivity contribution in [2.75, 3.05) is 5.84 Å². The molecule has 2 aromatic heterocycles. The Hall–Kier alpha value is -1.51. The van der Waals surface area contributed by atoms with Crippen molar-refractivity contribution >= 4 is 10.9 Å². The summed E-state index contributed by atoms with van der Waals surface area (Å²) in [4.78, 5) is 0. The zero-order valence-electron chi connectivity index (χ0n) is 7.28. The standard InChI is InChI=1S/C9H12N3/c1-7-5-8-6-11(2)4-3-9(8)12(7)10/h3-6H,10H2,1-2H3/q+1. The number of hydrogen-bond donors (Lipinski definition) is 1. The SMILES string of the molecule is Cc1cc2c[n+](C)ccc2n1N. The van der Waals surface area contributed by atoms with Crippen molar-refractivity contribution < 1.29 is 4.57 Å². The molecule has 0 amide bonds. The van der Waals surface area contributed by atoms with Crippen molar-refractivity contribution in [1.29, 1.82) is 0 Å². The molecule has 0 bridgehead atoms. The van der Waals surface area contributed by atoms with Crippen molar-refractivity contribution in [3.8, 4) is 0 Å². The Morgan fingerprint density at radius 3 is 3.00 bits per heavy atom. The molecule has 0 aromatic carbocycles. The van der Waals surface area contributed by atoms with Gasteiger partial charge in [-0.25, -0.2) is 4.57 Å². The summed E-state index contributed by atoms with van der Waals surface area (Å²) in [5.41, 5.74) is 2.15. The van der Waals surface area contributed by atoms with Gasteiger partial charge in [0.25, 0.3) is 0 Å². The van der Waals surface area contributed by atoms with Gasteiger partial charge in [0.1, 0.15) is 7.05 Å². The van der Waals surface area contributed by atoms with Gasteiger partial charge in [-0.2, -0.15) is 0 Å².